The second-order valence-corrected chi connectivity index (χ2v) is 4.10. The lowest BCUT2D eigenvalue weighted by Crippen LogP contribution is -2.27. The average Bonchev–Trinajstić information content (AvgIpc) is 2.01. The van der Waals surface area contributed by atoms with Gasteiger partial charge in [-0.05, 0) is 33.1 Å². The standard InChI is InChI=1S/C11H18O3/c1-8(2)6-11(13)14-10-5-3-4-9(12)7-10/h6,9-10,12H,3-5,7H2,1-2H3. The van der Waals surface area contributed by atoms with E-state index in [9.17, 15) is 9.90 Å². The summed E-state index contributed by atoms with van der Waals surface area (Å²) in [6.45, 7) is 3.72. The molecule has 0 radical (unpaired) electrons. The van der Waals surface area contributed by atoms with E-state index in [2.05, 4.69) is 0 Å². The molecule has 0 bridgehead atoms. The van der Waals surface area contributed by atoms with Gasteiger partial charge in [-0.15, -0.1) is 0 Å². The predicted molar refractivity (Wildman–Crippen MR) is 53.8 cm³/mol. The summed E-state index contributed by atoms with van der Waals surface area (Å²) >= 11 is 0. The molecule has 1 rings (SSSR count). The monoisotopic (exact) mass is 198 g/mol. The minimum Gasteiger partial charge on any atom is -0.459 e. The zero-order valence-corrected chi connectivity index (χ0v) is 8.82. The van der Waals surface area contributed by atoms with E-state index in [-0.39, 0.29) is 18.2 Å². The zero-order valence-electron chi connectivity index (χ0n) is 8.82. The van der Waals surface area contributed by atoms with E-state index in [0.717, 1.165) is 24.8 Å². The maximum atomic E-state index is 11.2. The van der Waals surface area contributed by atoms with E-state index >= 15 is 0 Å². The molecule has 3 nitrogen and oxygen atoms in total. The van der Waals surface area contributed by atoms with Crippen LogP contribution in [0.3, 0.4) is 0 Å². The van der Waals surface area contributed by atoms with Crippen LogP contribution in [0.15, 0.2) is 11.6 Å². The van der Waals surface area contributed by atoms with Crippen molar-refractivity contribution in [3.05, 3.63) is 11.6 Å². The first-order valence-corrected chi connectivity index (χ1v) is 5.11. The molecule has 2 atom stereocenters. The number of ether oxygens (including phenoxy) is 1. The molecule has 1 N–H and O–H groups in total. The number of carbonyl (C=O) groups excluding carboxylic acids is 1. The molecular formula is C11H18O3. The van der Waals surface area contributed by atoms with Gasteiger partial charge in [0.05, 0.1) is 6.10 Å². The lowest BCUT2D eigenvalue weighted by atomic mass is 9.95. The molecular weight excluding hydrogens is 180 g/mol. The number of rotatable bonds is 2. The van der Waals surface area contributed by atoms with Crippen LogP contribution in [-0.2, 0) is 9.53 Å². The third-order valence-electron chi connectivity index (χ3n) is 2.29. The molecule has 1 aliphatic carbocycles. The Labute approximate surface area is 84.8 Å². The molecule has 0 heterocycles. The summed E-state index contributed by atoms with van der Waals surface area (Å²) in [6.07, 6.45) is 4.32. The molecule has 0 aliphatic heterocycles. The maximum absolute atomic E-state index is 11.2. The van der Waals surface area contributed by atoms with Gasteiger partial charge >= 0.3 is 5.97 Å². The van der Waals surface area contributed by atoms with Gasteiger partial charge in [0.1, 0.15) is 6.10 Å². The van der Waals surface area contributed by atoms with Gasteiger partial charge in [-0.1, -0.05) is 5.57 Å². The highest BCUT2D eigenvalue weighted by Gasteiger charge is 2.22. The SMILES string of the molecule is CC(C)=CC(=O)OC1CCCC(O)C1. The Morgan fingerprint density at radius 2 is 2.14 bits per heavy atom. The minimum absolute atomic E-state index is 0.0955. The third kappa shape index (κ3) is 3.92. The van der Waals surface area contributed by atoms with Crippen LogP contribution < -0.4 is 0 Å². The van der Waals surface area contributed by atoms with Gasteiger partial charge in [0.2, 0.25) is 0 Å². The van der Waals surface area contributed by atoms with E-state index in [1.54, 1.807) is 0 Å². The number of allylic oxidation sites excluding steroid dienone is 1. The first-order valence-electron chi connectivity index (χ1n) is 5.11. The predicted octanol–water partition coefficient (Wildman–Crippen LogP) is 1.80. The molecule has 2 unspecified atom stereocenters. The molecule has 14 heavy (non-hydrogen) atoms. The van der Waals surface area contributed by atoms with Crippen molar-refractivity contribution in [1.82, 2.24) is 0 Å². The molecule has 0 aromatic carbocycles. The smallest absolute Gasteiger partial charge is 0.330 e. The number of esters is 1. The topological polar surface area (TPSA) is 46.5 Å². The molecule has 80 valence electrons. The van der Waals surface area contributed by atoms with E-state index in [0.29, 0.717) is 6.42 Å². The van der Waals surface area contributed by atoms with Gasteiger partial charge in [-0.3, -0.25) is 0 Å². The van der Waals surface area contributed by atoms with Crippen molar-refractivity contribution in [3.8, 4) is 0 Å². The first kappa shape index (κ1) is 11.2. The van der Waals surface area contributed by atoms with Gasteiger partial charge in [0.15, 0.2) is 0 Å². The molecule has 3 heteroatoms. The van der Waals surface area contributed by atoms with Crippen LogP contribution in [-0.4, -0.2) is 23.3 Å². The van der Waals surface area contributed by atoms with Crippen molar-refractivity contribution in [2.24, 2.45) is 0 Å². The van der Waals surface area contributed by atoms with Crippen LogP contribution in [0.25, 0.3) is 0 Å². The lowest BCUT2D eigenvalue weighted by Gasteiger charge is -2.25. The second-order valence-electron chi connectivity index (χ2n) is 4.10. The molecule has 1 aliphatic rings. The maximum Gasteiger partial charge on any atom is 0.330 e. The Balaban J connectivity index is 2.36. The Hall–Kier alpha value is -0.830. The summed E-state index contributed by atoms with van der Waals surface area (Å²) in [7, 11) is 0. The fourth-order valence-electron chi connectivity index (χ4n) is 1.66. The highest BCUT2D eigenvalue weighted by atomic mass is 16.5. The number of carbonyl (C=O) groups is 1. The van der Waals surface area contributed by atoms with Crippen molar-refractivity contribution < 1.29 is 14.6 Å². The van der Waals surface area contributed by atoms with E-state index in [1.807, 2.05) is 13.8 Å². The van der Waals surface area contributed by atoms with Gasteiger partial charge in [-0.25, -0.2) is 4.79 Å². The van der Waals surface area contributed by atoms with E-state index in [4.69, 9.17) is 4.74 Å². The summed E-state index contributed by atoms with van der Waals surface area (Å²) in [5, 5.41) is 9.37. The third-order valence-corrected chi connectivity index (χ3v) is 2.29. The molecule has 0 aromatic rings. The van der Waals surface area contributed by atoms with Crippen molar-refractivity contribution >= 4 is 5.97 Å². The van der Waals surface area contributed by atoms with Gasteiger partial charge in [0, 0.05) is 12.5 Å². The number of aliphatic hydroxyl groups is 1. The van der Waals surface area contributed by atoms with E-state index in [1.165, 1.54) is 6.08 Å². The summed E-state index contributed by atoms with van der Waals surface area (Å²) < 4.78 is 5.20. The van der Waals surface area contributed by atoms with Gasteiger partial charge < -0.3 is 9.84 Å². The van der Waals surface area contributed by atoms with Crippen LogP contribution >= 0.6 is 0 Å². The van der Waals surface area contributed by atoms with Crippen molar-refractivity contribution in [3.63, 3.8) is 0 Å². The molecule has 0 amide bonds. The molecule has 0 saturated heterocycles. The van der Waals surface area contributed by atoms with Crippen molar-refractivity contribution in [2.75, 3.05) is 0 Å². The Bertz CT molecular complexity index is 229. The second kappa shape index (κ2) is 5.15. The van der Waals surface area contributed by atoms with Crippen molar-refractivity contribution in [2.45, 2.75) is 51.7 Å². The minimum atomic E-state index is -0.298. The van der Waals surface area contributed by atoms with Gasteiger partial charge in [-0.2, -0.15) is 0 Å². The van der Waals surface area contributed by atoms with Crippen molar-refractivity contribution in [1.29, 1.82) is 0 Å². The Kier molecular flexibility index (Phi) is 4.14. The number of hydrogen-bond donors (Lipinski definition) is 1. The van der Waals surface area contributed by atoms with E-state index < -0.39 is 0 Å². The van der Waals surface area contributed by atoms with Crippen LogP contribution in [0.1, 0.15) is 39.5 Å². The molecule has 0 spiro atoms. The Morgan fingerprint density at radius 1 is 1.43 bits per heavy atom. The van der Waals surface area contributed by atoms with Crippen LogP contribution in [0, 0.1) is 0 Å². The number of aliphatic hydroxyl groups excluding tert-OH is 1. The molecule has 1 fully saturated rings. The highest BCUT2D eigenvalue weighted by Crippen LogP contribution is 2.21. The van der Waals surface area contributed by atoms with Crippen LogP contribution in [0.4, 0.5) is 0 Å². The van der Waals surface area contributed by atoms with Gasteiger partial charge in [0.25, 0.3) is 0 Å². The quantitative estimate of drug-likeness (QED) is 0.543. The Morgan fingerprint density at radius 3 is 2.71 bits per heavy atom. The highest BCUT2D eigenvalue weighted by molar-refractivity contribution is 5.82. The zero-order chi connectivity index (χ0) is 10.6. The molecule has 0 aromatic heterocycles. The largest absolute Gasteiger partial charge is 0.459 e. The normalized spacial score (nSPS) is 26.8. The lowest BCUT2D eigenvalue weighted by molar-refractivity contribution is -0.146. The number of hydrogen-bond acceptors (Lipinski definition) is 3. The summed E-state index contributed by atoms with van der Waals surface area (Å²) in [4.78, 5) is 11.2. The summed E-state index contributed by atoms with van der Waals surface area (Å²) in [6, 6.07) is 0. The molecule has 1 saturated carbocycles. The van der Waals surface area contributed by atoms with Crippen LogP contribution in [0.5, 0.6) is 0 Å². The summed E-state index contributed by atoms with van der Waals surface area (Å²) in [5.74, 6) is -0.288. The summed E-state index contributed by atoms with van der Waals surface area (Å²) in [5.41, 5.74) is 0.936. The first-order chi connectivity index (χ1) is 6.58. The average molecular weight is 198 g/mol. The fraction of sp³-hybridized carbons (Fsp3) is 0.727. The fourth-order valence-corrected chi connectivity index (χ4v) is 1.66. The van der Waals surface area contributed by atoms with Crippen LogP contribution in [0.2, 0.25) is 0 Å².